The lowest BCUT2D eigenvalue weighted by atomic mass is 9.96. The predicted molar refractivity (Wildman–Crippen MR) is 82.8 cm³/mol. The predicted octanol–water partition coefficient (Wildman–Crippen LogP) is 2.42. The number of hydrogen-bond acceptors (Lipinski definition) is 2. The third kappa shape index (κ3) is 2.43. The van der Waals surface area contributed by atoms with Crippen molar-refractivity contribution in [3.8, 4) is 0 Å². The van der Waals surface area contributed by atoms with E-state index in [1.807, 2.05) is 34.9 Å². The molecule has 0 aromatic carbocycles. The number of piperidine rings is 1. The molecule has 3 atom stereocenters. The number of nitrogens with zero attached hydrogens (tertiary/aromatic N) is 2. The molecule has 2 aliphatic heterocycles. The van der Waals surface area contributed by atoms with E-state index in [-0.39, 0.29) is 11.9 Å². The van der Waals surface area contributed by atoms with Crippen LogP contribution < -0.4 is 5.32 Å². The van der Waals surface area contributed by atoms with Crippen molar-refractivity contribution < 1.29 is 4.79 Å². The minimum atomic E-state index is -0.00540. The third-order valence-corrected chi connectivity index (χ3v) is 4.97. The maximum absolute atomic E-state index is 12.4. The van der Waals surface area contributed by atoms with Gasteiger partial charge < -0.3 is 14.6 Å². The van der Waals surface area contributed by atoms with Crippen LogP contribution in [0.25, 0.3) is 5.52 Å². The molecule has 0 saturated carbocycles. The number of aromatic nitrogens is 1. The molecule has 1 N–H and O–H groups in total. The van der Waals surface area contributed by atoms with Gasteiger partial charge in [0.2, 0.25) is 0 Å². The second kappa shape index (κ2) is 5.04. The smallest absolute Gasteiger partial charge is 0.253 e. The van der Waals surface area contributed by atoms with Crippen molar-refractivity contribution in [2.45, 2.75) is 18.9 Å². The van der Waals surface area contributed by atoms with E-state index in [4.69, 9.17) is 11.6 Å². The highest BCUT2D eigenvalue weighted by molar-refractivity contribution is 6.30. The largest absolute Gasteiger partial charge is 0.348 e. The maximum Gasteiger partial charge on any atom is 0.253 e. The van der Waals surface area contributed by atoms with E-state index in [1.54, 1.807) is 0 Å². The van der Waals surface area contributed by atoms with Crippen LogP contribution in [-0.4, -0.2) is 40.9 Å². The Morgan fingerprint density at radius 2 is 2.10 bits per heavy atom. The summed E-state index contributed by atoms with van der Waals surface area (Å²) in [4.78, 5) is 14.9. The molecule has 110 valence electrons. The van der Waals surface area contributed by atoms with Crippen molar-refractivity contribution in [1.29, 1.82) is 0 Å². The molecule has 2 bridgehead atoms. The van der Waals surface area contributed by atoms with Crippen LogP contribution >= 0.6 is 11.6 Å². The summed E-state index contributed by atoms with van der Waals surface area (Å²) < 4.78 is 1.84. The molecule has 2 saturated heterocycles. The second-order valence-electron chi connectivity index (χ2n) is 6.19. The molecule has 2 aliphatic rings. The summed E-state index contributed by atoms with van der Waals surface area (Å²) in [7, 11) is 0. The molecule has 4 heterocycles. The van der Waals surface area contributed by atoms with Gasteiger partial charge in [-0.1, -0.05) is 11.6 Å². The van der Waals surface area contributed by atoms with E-state index in [0.29, 0.717) is 10.7 Å². The number of amides is 1. The number of halogens is 1. The van der Waals surface area contributed by atoms with Crippen LogP contribution in [0.4, 0.5) is 0 Å². The number of pyridine rings is 1. The molecule has 5 heteroatoms. The zero-order chi connectivity index (χ0) is 14.4. The molecule has 2 aromatic rings. The molecule has 4 nitrogen and oxygen atoms in total. The van der Waals surface area contributed by atoms with Crippen molar-refractivity contribution in [3.05, 3.63) is 41.2 Å². The Bertz CT molecular complexity index is 684. The average molecular weight is 304 g/mol. The van der Waals surface area contributed by atoms with Crippen LogP contribution in [0.1, 0.15) is 23.2 Å². The van der Waals surface area contributed by atoms with Gasteiger partial charge in [0.25, 0.3) is 5.91 Å². The van der Waals surface area contributed by atoms with Gasteiger partial charge in [-0.15, -0.1) is 0 Å². The highest BCUT2D eigenvalue weighted by Gasteiger charge is 2.32. The van der Waals surface area contributed by atoms with Gasteiger partial charge in [-0.05, 0) is 49.6 Å². The Hall–Kier alpha value is -1.52. The SMILES string of the molecule is O=C(N[C@@H]1C[C@@H]2CCN(C2)C1)c1ccc2ccc(Cl)n2c1. The minimum absolute atomic E-state index is 0.00540. The van der Waals surface area contributed by atoms with Crippen molar-refractivity contribution in [2.75, 3.05) is 19.6 Å². The Morgan fingerprint density at radius 1 is 1.24 bits per heavy atom. The van der Waals surface area contributed by atoms with E-state index < -0.39 is 0 Å². The van der Waals surface area contributed by atoms with Gasteiger partial charge in [0.05, 0.1) is 5.56 Å². The zero-order valence-corrected chi connectivity index (χ0v) is 12.5. The molecule has 0 radical (unpaired) electrons. The highest BCUT2D eigenvalue weighted by atomic mass is 35.5. The summed E-state index contributed by atoms with van der Waals surface area (Å²) in [5.41, 5.74) is 1.66. The first-order valence-electron chi connectivity index (χ1n) is 7.49. The summed E-state index contributed by atoms with van der Waals surface area (Å²) in [6.45, 7) is 3.37. The lowest BCUT2D eigenvalue weighted by Crippen LogP contribution is -2.47. The zero-order valence-electron chi connectivity index (χ0n) is 11.8. The fraction of sp³-hybridized carbons (Fsp3) is 0.438. The number of fused-ring (bicyclic) bond motifs is 3. The van der Waals surface area contributed by atoms with Crippen molar-refractivity contribution in [2.24, 2.45) is 5.92 Å². The van der Waals surface area contributed by atoms with Crippen LogP contribution in [0.2, 0.25) is 5.15 Å². The lowest BCUT2D eigenvalue weighted by molar-refractivity contribution is 0.0909. The molecular weight excluding hydrogens is 286 g/mol. The Balaban J connectivity index is 1.52. The number of carbonyl (C=O) groups excluding carboxylic acids is 1. The minimum Gasteiger partial charge on any atom is -0.348 e. The lowest BCUT2D eigenvalue weighted by Gasteiger charge is -2.30. The van der Waals surface area contributed by atoms with Crippen LogP contribution in [0.5, 0.6) is 0 Å². The summed E-state index contributed by atoms with van der Waals surface area (Å²) in [6, 6.07) is 7.84. The van der Waals surface area contributed by atoms with Crippen molar-refractivity contribution in [3.63, 3.8) is 0 Å². The van der Waals surface area contributed by atoms with E-state index in [9.17, 15) is 4.79 Å². The maximum atomic E-state index is 12.4. The number of hydrogen-bond donors (Lipinski definition) is 1. The quantitative estimate of drug-likeness (QED) is 0.925. The monoisotopic (exact) mass is 303 g/mol. The van der Waals surface area contributed by atoms with Gasteiger partial charge in [-0.3, -0.25) is 4.79 Å². The fourth-order valence-electron chi connectivity index (χ4n) is 3.63. The summed E-state index contributed by atoms with van der Waals surface area (Å²) in [6.07, 6.45) is 4.19. The summed E-state index contributed by atoms with van der Waals surface area (Å²) >= 11 is 6.11. The molecule has 0 aliphatic carbocycles. The van der Waals surface area contributed by atoms with E-state index >= 15 is 0 Å². The number of carbonyl (C=O) groups is 1. The van der Waals surface area contributed by atoms with Crippen LogP contribution in [0.3, 0.4) is 0 Å². The fourth-order valence-corrected chi connectivity index (χ4v) is 3.84. The van der Waals surface area contributed by atoms with Gasteiger partial charge >= 0.3 is 0 Å². The van der Waals surface area contributed by atoms with E-state index in [2.05, 4.69) is 10.2 Å². The molecule has 1 amide bonds. The molecule has 0 spiro atoms. The normalized spacial score (nSPS) is 28.0. The number of rotatable bonds is 2. The second-order valence-corrected chi connectivity index (χ2v) is 6.58. The topological polar surface area (TPSA) is 36.8 Å². The van der Waals surface area contributed by atoms with Crippen molar-refractivity contribution in [1.82, 2.24) is 14.6 Å². The van der Waals surface area contributed by atoms with Gasteiger partial charge in [0.15, 0.2) is 0 Å². The molecule has 2 fully saturated rings. The summed E-state index contributed by atoms with van der Waals surface area (Å²) in [5.74, 6) is 0.750. The van der Waals surface area contributed by atoms with Crippen molar-refractivity contribution >= 4 is 23.0 Å². The van der Waals surface area contributed by atoms with Gasteiger partial charge in [-0.25, -0.2) is 0 Å². The van der Waals surface area contributed by atoms with Gasteiger partial charge in [0.1, 0.15) is 5.15 Å². The Kier molecular flexibility index (Phi) is 3.16. The number of nitrogens with one attached hydrogen (secondary N) is 1. The first-order chi connectivity index (χ1) is 10.2. The van der Waals surface area contributed by atoms with E-state index in [0.717, 1.165) is 24.4 Å². The third-order valence-electron chi connectivity index (χ3n) is 4.67. The van der Waals surface area contributed by atoms with Crippen LogP contribution in [-0.2, 0) is 0 Å². The van der Waals surface area contributed by atoms with E-state index in [1.165, 1.54) is 19.5 Å². The molecule has 21 heavy (non-hydrogen) atoms. The average Bonchev–Trinajstić information content (AvgIpc) is 3.02. The summed E-state index contributed by atoms with van der Waals surface area (Å²) in [5, 5.41) is 3.80. The molecule has 4 rings (SSSR count). The Morgan fingerprint density at radius 3 is 2.95 bits per heavy atom. The first kappa shape index (κ1) is 13.2. The Labute approximate surface area is 128 Å². The highest BCUT2D eigenvalue weighted by Crippen LogP contribution is 2.27. The van der Waals surface area contributed by atoms with Gasteiger partial charge in [0, 0.05) is 30.8 Å². The van der Waals surface area contributed by atoms with Crippen LogP contribution in [0, 0.1) is 5.92 Å². The van der Waals surface area contributed by atoms with Crippen LogP contribution in [0.15, 0.2) is 30.5 Å². The first-order valence-corrected chi connectivity index (χ1v) is 7.87. The standard InChI is InChI=1S/C16H18ClN3O/c17-15-4-3-14-2-1-12(9-20(14)15)16(21)18-13-7-11-5-6-19(8-11)10-13/h1-4,9,11,13H,5-8,10H2,(H,18,21)/t11-,13+/m0/s1. The molecule has 1 unspecified atom stereocenters. The van der Waals surface area contributed by atoms with Gasteiger partial charge in [-0.2, -0.15) is 0 Å². The molecule has 2 aromatic heterocycles. The molecular formula is C16H18ClN3O.